The fourth-order valence-corrected chi connectivity index (χ4v) is 7.43. The number of ether oxygens (including phenoxy) is 2. The Labute approximate surface area is 291 Å². The zero-order chi connectivity index (χ0) is 33.0. The van der Waals surface area contributed by atoms with E-state index in [-0.39, 0.29) is 0 Å². The summed E-state index contributed by atoms with van der Waals surface area (Å²) in [5.41, 5.74) is 16.2. The molecule has 0 unspecified atom stereocenters. The number of hydrogen-bond acceptors (Lipinski definition) is 2. The van der Waals surface area contributed by atoms with Crippen LogP contribution in [0.2, 0.25) is 0 Å². The van der Waals surface area contributed by atoms with Crippen LogP contribution in [0.5, 0.6) is 23.0 Å². The second-order valence-electron chi connectivity index (χ2n) is 12.9. The maximum absolute atomic E-state index is 6.45. The quantitative estimate of drug-likeness (QED) is 0.192. The smallest absolute Gasteiger partial charge is 0.135 e. The van der Waals surface area contributed by atoms with Crippen molar-refractivity contribution in [2.45, 2.75) is 0 Å². The minimum absolute atomic E-state index is 0.874. The summed E-state index contributed by atoms with van der Waals surface area (Å²) in [5.74, 6) is 3.52. The Bertz CT molecular complexity index is 2400. The van der Waals surface area contributed by atoms with Gasteiger partial charge in [-0.2, -0.15) is 0 Å². The van der Waals surface area contributed by atoms with Gasteiger partial charge in [0.15, 0.2) is 0 Å². The van der Waals surface area contributed by atoms with Gasteiger partial charge in [0.25, 0.3) is 0 Å². The van der Waals surface area contributed by atoms with Crippen molar-refractivity contribution in [3.05, 3.63) is 182 Å². The van der Waals surface area contributed by atoms with Crippen molar-refractivity contribution >= 4 is 0 Å². The predicted octanol–water partition coefficient (Wildman–Crippen LogP) is 13.6. The molecule has 10 rings (SSSR count). The summed E-state index contributed by atoms with van der Waals surface area (Å²) in [5, 5.41) is 0. The van der Waals surface area contributed by atoms with Crippen molar-refractivity contribution in [1.29, 1.82) is 0 Å². The first-order valence-electron chi connectivity index (χ1n) is 17.0. The standard InChI is InChI=1S/C48H30O2/c1-3-11-39-37(9-1)41-13-5-7-15-45(41)49-47-27-25-35(29-43(39)47)33-21-17-31(18-22-33)32-19-23-34(24-20-32)36-26-28-48-44(30-36)40-12-4-2-10-38(40)42-14-6-8-16-46(42)50-48/h1-30H. The molecule has 2 aliphatic rings. The van der Waals surface area contributed by atoms with E-state index in [0.717, 1.165) is 56.4 Å². The molecular formula is C48H30O2. The van der Waals surface area contributed by atoms with Crippen LogP contribution in [0.1, 0.15) is 0 Å². The highest BCUT2D eigenvalue weighted by atomic mass is 16.5. The third-order valence-corrected chi connectivity index (χ3v) is 9.96. The molecule has 0 N–H and O–H groups in total. The predicted molar refractivity (Wildman–Crippen MR) is 205 cm³/mol. The minimum Gasteiger partial charge on any atom is -0.456 e. The van der Waals surface area contributed by atoms with E-state index in [4.69, 9.17) is 9.47 Å². The van der Waals surface area contributed by atoms with E-state index in [0.29, 0.717) is 0 Å². The Morgan fingerprint density at radius 1 is 0.200 bits per heavy atom. The normalized spacial score (nSPS) is 11.9. The van der Waals surface area contributed by atoms with E-state index >= 15 is 0 Å². The lowest BCUT2D eigenvalue weighted by atomic mass is 9.92. The van der Waals surface area contributed by atoms with Crippen LogP contribution in [-0.4, -0.2) is 0 Å². The summed E-state index contributed by atoms with van der Waals surface area (Å²) in [4.78, 5) is 0. The van der Waals surface area contributed by atoms with Crippen molar-refractivity contribution < 1.29 is 9.47 Å². The van der Waals surface area contributed by atoms with Crippen LogP contribution in [0.4, 0.5) is 0 Å². The van der Waals surface area contributed by atoms with Crippen molar-refractivity contribution in [2.24, 2.45) is 0 Å². The van der Waals surface area contributed by atoms with Gasteiger partial charge in [0.1, 0.15) is 23.0 Å². The van der Waals surface area contributed by atoms with E-state index in [2.05, 4.69) is 158 Å². The van der Waals surface area contributed by atoms with Gasteiger partial charge < -0.3 is 9.47 Å². The number of benzene rings is 8. The molecule has 0 saturated carbocycles. The third-order valence-electron chi connectivity index (χ3n) is 9.96. The van der Waals surface area contributed by atoms with Crippen LogP contribution in [0.15, 0.2) is 182 Å². The van der Waals surface area contributed by atoms with E-state index in [1.165, 1.54) is 44.5 Å². The number of fused-ring (bicyclic) bond motifs is 10. The van der Waals surface area contributed by atoms with Crippen LogP contribution in [0.25, 0.3) is 77.9 Å². The van der Waals surface area contributed by atoms with E-state index in [9.17, 15) is 0 Å². The van der Waals surface area contributed by atoms with Gasteiger partial charge in [-0.3, -0.25) is 0 Å². The van der Waals surface area contributed by atoms with Crippen LogP contribution in [-0.2, 0) is 0 Å². The molecule has 0 aromatic heterocycles. The Balaban J connectivity index is 0.944. The fourth-order valence-electron chi connectivity index (χ4n) is 7.43. The molecule has 234 valence electrons. The first-order chi connectivity index (χ1) is 24.8. The van der Waals surface area contributed by atoms with Gasteiger partial charge >= 0.3 is 0 Å². The first kappa shape index (κ1) is 28.4. The van der Waals surface area contributed by atoms with Crippen LogP contribution >= 0.6 is 0 Å². The topological polar surface area (TPSA) is 18.5 Å². The molecule has 0 saturated heterocycles. The van der Waals surface area contributed by atoms with Crippen molar-refractivity contribution in [1.82, 2.24) is 0 Å². The molecule has 2 heterocycles. The van der Waals surface area contributed by atoms with Crippen LogP contribution in [0, 0.1) is 0 Å². The molecule has 2 nitrogen and oxygen atoms in total. The van der Waals surface area contributed by atoms with Crippen molar-refractivity contribution in [3.8, 4) is 101 Å². The molecule has 2 heteroatoms. The van der Waals surface area contributed by atoms with Crippen LogP contribution in [0.3, 0.4) is 0 Å². The van der Waals surface area contributed by atoms with E-state index < -0.39 is 0 Å². The molecule has 8 aromatic rings. The molecule has 0 radical (unpaired) electrons. The summed E-state index contributed by atoms with van der Waals surface area (Å²) in [6.45, 7) is 0. The average molecular weight is 639 g/mol. The number of hydrogen-bond donors (Lipinski definition) is 0. The van der Waals surface area contributed by atoms with Gasteiger partial charge in [-0.1, -0.05) is 146 Å². The molecule has 50 heavy (non-hydrogen) atoms. The summed E-state index contributed by atoms with van der Waals surface area (Å²) in [6, 6.07) is 64.4. The maximum atomic E-state index is 6.45. The Morgan fingerprint density at radius 3 is 0.840 bits per heavy atom. The molecule has 0 fully saturated rings. The third kappa shape index (κ3) is 4.73. The lowest BCUT2D eigenvalue weighted by Gasteiger charge is -2.13. The van der Waals surface area contributed by atoms with Gasteiger partial charge in [-0.05, 0) is 92.0 Å². The second kappa shape index (κ2) is 11.5. The molecule has 0 spiro atoms. The molecule has 0 aliphatic carbocycles. The van der Waals surface area contributed by atoms with E-state index in [1.807, 2.05) is 24.3 Å². The fraction of sp³-hybridized carbons (Fsp3) is 0. The number of para-hydroxylation sites is 2. The highest BCUT2D eigenvalue weighted by molar-refractivity contribution is 5.93. The van der Waals surface area contributed by atoms with E-state index in [1.54, 1.807) is 0 Å². The van der Waals surface area contributed by atoms with Crippen molar-refractivity contribution in [3.63, 3.8) is 0 Å². The zero-order valence-electron chi connectivity index (χ0n) is 27.1. The summed E-state index contributed by atoms with van der Waals surface area (Å²) >= 11 is 0. The lowest BCUT2D eigenvalue weighted by Crippen LogP contribution is -1.88. The largest absolute Gasteiger partial charge is 0.456 e. The summed E-state index contributed by atoms with van der Waals surface area (Å²) in [7, 11) is 0. The minimum atomic E-state index is 0.874. The van der Waals surface area contributed by atoms with Gasteiger partial charge in [0, 0.05) is 22.3 Å². The molecular weight excluding hydrogens is 609 g/mol. The first-order valence-corrected chi connectivity index (χ1v) is 17.0. The van der Waals surface area contributed by atoms with Gasteiger partial charge in [0.2, 0.25) is 0 Å². The Hall–Kier alpha value is -6.64. The van der Waals surface area contributed by atoms with Crippen LogP contribution < -0.4 is 9.47 Å². The summed E-state index contributed by atoms with van der Waals surface area (Å²) < 4.78 is 12.9. The zero-order valence-corrected chi connectivity index (χ0v) is 27.1. The number of rotatable bonds is 3. The Kier molecular flexibility index (Phi) is 6.53. The highest BCUT2D eigenvalue weighted by Crippen LogP contribution is 2.49. The van der Waals surface area contributed by atoms with Crippen molar-refractivity contribution in [2.75, 3.05) is 0 Å². The van der Waals surface area contributed by atoms with Gasteiger partial charge in [0.05, 0.1) is 0 Å². The lowest BCUT2D eigenvalue weighted by molar-refractivity contribution is 0.487. The molecule has 0 bridgehead atoms. The summed E-state index contributed by atoms with van der Waals surface area (Å²) in [6.07, 6.45) is 0. The highest BCUT2D eigenvalue weighted by Gasteiger charge is 2.22. The molecule has 8 aromatic carbocycles. The SMILES string of the molecule is c1ccc2c(c1)Oc1ccc(-c3ccc(-c4ccc(-c5ccc6c(c5)-c5ccccc5-c5ccccc5O6)cc4)cc3)cc1-c1ccccc1-2. The van der Waals surface area contributed by atoms with Gasteiger partial charge in [-0.15, -0.1) is 0 Å². The molecule has 0 amide bonds. The molecule has 0 atom stereocenters. The maximum Gasteiger partial charge on any atom is 0.135 e. The second-order valence-corrected chi connectivity index (χ2v) is 12.9. The monoisotopic (exact) mass is 638 g/mol. The van der Waals surface area contributed by atoms with Gasteiger partial charge in [-0.25, -0.2) is 0 Å². The Morgan fingerprint density at radius 2 is 0.460 bits per heavy atom. The molecule has 2 aliphatic heterocycles. The average Bonchev–Trinajstić information content (AvgIpc) is 3.42.